The molecule has 3 heterocycles. The van der Waals surface area contributed by atoms with Crippen LogP contribution >= 0.6 is 22.9 Å². The first kappa shape index (κ1) is 25.7. The number of nitrogens with zero attached hydrogens (tertiary/aromatic N) is 4. The third kappa shape index (κ3) is 4.72. The van der Waals surface area contributed by atoms with Crippen molar-refractivity contribution >= 4 is 56.7 Å². The Labute approximate surface area is 224 Å². The molecule has 1 aliphatic rings. The Morgan fingerprint density at radius 1 is 1.18 bits per heavy atom. The van der Waals surface area contributed by atoms with Gasteiger partial charge in [-0.3, -0.25) is 14.4 Å². The lowest BCUT2D eigenvalue weighted by Gasteiger charge is -2.24. The van der Waals surface area contributed by atoms with E-state index in [9.17, 15) is 18.8 Å². The molecule has 4 aromatic rings. The van der Waals surface area contributed by atoms with E-state index >= 15 is 4.39 Å². The number of thiazole rings is 1. The molecule has 0 aliphatic carbocycles. The Bertz CT molecular complexity index is 1590. The van der Waals surface area contributed by atoms with Crippen molar-refractivity contribution in [1.29, 1.82) is 0 Å². The van der Waals surface area contributed by atoms with Gasteiger partial charge in [-0.15, -0.1) is 11.3 Å². The molecule has 3 N–H and O–H groups in total. The van der Waals surface area contributed by atoms with Crippen molar-refractivity contribution in [2.45, 2.75) is 32.1 Å². The SMILES string of the molecule is Cc1nc2c(s1)c(C(N)=O)nn2CC(=O)N1C[C@H](F)C[C@H]1C(=O)Nc1cccc(-c2ccccc2Cl)c1F. The van der Waals surface area contributed by atoms with Crippen molar-refractivity contribution in [1.82, 2.24) is 19.7 Å². The topological polar surface area (TPSA) is 123 Å². The van der Waals surface area contributed by atoms with Gasteiger partial charge >= 0.3 is 0 Å². The van der Waals surface area contributed by atoms with Crippen LogP contribution < -0.4 is 11.1 Å². The summed E-state index contributed by atoms with van der Waals surface area (Å²) in [5, 5.41) is 7.58. The third-order valence-corrected chi connectivity index (χ3v) is 7.50. The molecule has 13 heteroatoms. The number of hydrogen-bond acceptors (Lipinski definition) is 6. The smallest absolute Gasteiger partial charge is 0.270 e. The zero-order valence-corrected chi connectivity index (χ0v) is 21.5. The average Bonchev–Trinajstić information content (AvgIpc) is 3.54. The summed E-state index contributed by atoms with van der Waals surface area (Å²) >= 11 is 7.42. The molecule has 0 radical (unpaired) electrons. The number of anilines is 1. The number of rotatable bonds is 6. The summed E-state index contributed by atoms with van der Waals surface area (Å²) in [5.41, 5.74) is 6.18. The van der Waals surface area contributed by atoms with Gasteiger partial charge in [0.2, 0.25) is 11.8 Å². The summed E-state index contributed by atoms with van der Waals surface area (Å²) in [5.74, 6) is -2.82. The number of fused-ring (bicyclic) bond motifs is 1. The van der Waals surface area contributed by atoms with E-state index in [1.54, 1.807) is 37.3 Å². The number of carbonyl (C=O) groups is 3. The Morgan fingerprint density at radius 2 is 1.92 bits per heavy atom. The molecule has 1 fully saturated rings. The predicted molar refractivity (Wildman–Crippen MR) is 139 cm³/mol. The fraction of sp³-hybridized carbons (Fsp3) is 0.240. The normalized spacial score (nSPS) is 17.2. The number of nitrogens with one attached hydrogen (secondary N) is 1. The largest absolute Gasteiger partial charge is 0.364 e. The average molecular weight is 559 g/mol. The first-order valence-electron chi connectivity index (χ1n) is 11.6. The van der Waals surface area contributed by atoms with E-state index in [0.29, 0.717) is 25.9 Å². The van der Waals surface area contributed by atoms with Gasteiger partial charge in [0.25, 0.3) is 5.91 Å². The molecule has 1 saturated heterocycles. The van der Waals surface area contributed by atoms with Gasteiger partial charge in [-0.2, -0.15) is 5.10 Å². The van der Waals surface area contributed by atoms with E-state index in [0.717, 1.165) is 4.90 Å². The lowest BCUT2D eigenvalue weighted by atomic mass is 10.0. The number of halogens is 3. The van der Waals surface area contributed by atoms with E-state index < -0.39 is 35.8 Å². The highest BCUT2D eigenvalue weighted by Crippen LogP contribution is 2.33. The fourth-order valence-electron chi connectivity index (χ4n) is 4.49. The third-order valence-electron chi connectivity index (χ3n) is 6.21. The predicted octanol–water partition coefficient (Wildman–Crippen LogP) is 3.94. The van der Waals surface area contributed by atoms with E-state index in [2.05, 4.69) is 15.4 Å². The van der Waals surface area contributed by atoms with Gasteiger partial charge in [0.1, 0.15) is 23.5 Å². The number of alkyl halides is 1. The van der Waals surface area contributed by atoms with Crippen LogP contribution in [0, 0.1) is 12.7 Å². The number of aromatic nitrogens is 3. The highest BCUT2D eigenvalue weighted by atomic mass is 35.5. The minimum absolute atomic E-state index is 0.0219. The zero-order chi connectivity index (χ0) is 27.1. The van der Waals surface area contributed by atoms with Crippen LogP contribution in [0.5, 0.6) is 0 Å². The van der Waals surface area contributed by atoms with Crippen LogP contribution in [0.3, 0.4) is 0 Å². The number of nitrogens with two attached hydrogens (primary N) is 1. The number of hydrogen-bond donors (Lipinski definition) is 2. The number of aryl methyl sites for hydroxylation is 1. The Hall–Kier alpha value is -3.90. The van der Waals surface area contributed by atoms with Crippen LogP contribution in [-0.2, 0) is 16.1 Å². The number of carbonyl (C=O) groups excluding carboxylic acids is 3. The number of benzene rings is 2. The molecule has 0 saturated carbocycles. The molecular weight excluding hydrogens is 538 g/mol. The van der Waals surface area contributed by atoms with Crippen molar-refractivity contribution in [2.75, 3.05) is 11.9 Å². The van der Waals surface area contributed by atoms with Crippen LogP contribution in [0.1, 0.15) is 21.9 Å². The molecule has 3 amide bonds. The monoisotopic (exact) mass is 558 g/mol. The van der Waals surface area contributed by atoms with Crippen LogP contribution in [0.4, 0.5) is 14.5 Å². The summed E-state index contributed by atoms with van der Waals surface area (Å²) in [6.45, 7) is 1.03. The maximum absolute atomic E-state index is 15.3. The number of primary amides is 1. The number of likely N-dealkylation sites (tertiary alicyclic amines) is 1. The molecule has 2 atom stereocenters. The molecular formula is C25H21ClF2N6O3S. The van der Waals surface area contributed by atoms with Gasteiger partial charge in [0.15, 0.2) is 17.2 Å². The molecule has 2 aromatic carbocycles. The van der Waals surface area contributed by atoms with Gasteiger partial charge in [0.05, 0.1) is 17.2 Å². The lowest BCUT2D eigenvalue weighted by Crippen LogP contribution is -2.44. The van der Waals surface area contributed by atoms with Crippen molar-refractivity contribution in [3.05, 3.63) is 64.0 Å². The highest BCUT2D eigenvalue weighted by molar-refractivity contribution is 7.18. The second kappa shape index (κ2) is 10.1. The highest BCUT2D eigenvalue weighted by Gasteiger charge is 2.40. The van der Waals surface area contributed by atoms with Gasteiger partial charge in [-0.05, 0) is 19.1 Å². The standard InChI is InChI=1S/C25H21ClF2N6O3S/c1-12-30-24-22(38-12)21(23(29)36)32-34(24)11-19(35)33-10-13(27)9-18(33)25(37)31-17-8-4-6-15(20(17)28)14-5-2-3-7-16(14)26/h2-8,13,18H,9-11H2,1H3,(H2,29,36)(H,31,37)/t13-,18+/m1/s1. The van der Waals surface area contributed by atoms with Gasteiger partial charge in [-0.25, -0.2) is 18.4 Å². The van der Waals surface area contributed by atoms with E-state index in [4.69, 9.17) is 17.3 Å². The van der Waals surface area contributed by atoms with Crippen molar-refractivity contribution in [3.63, 3.8) is 0 Å². The molecule has 9 nitrogen and oxygen atoms in total. The second-order valence-corrected chi connectivity index (χ2v) is 10.4. The minimum atomic E-state index is -1.45. The quantitative estimate of drug-likeness (QED) is 0.371. The molecule has 38 heavy (non-hydrogen) atoms. The van der Waals surface area contributed by atoms with Crippen molar-refractivity contribution in [3.8, 4) is 11.1 Å². The van der Waals surface area contributed by atoms with E-state index in [1.807, 2.05) is 0 Å². The molecule has 2 aromatic heterocycles. The maximum Gasteiger partial charge on any atom is 0.270 e. The number of amides is 3. The maximum atomic E-state index is 15.3. The molecule has 0 unspecified atom stereocenters. The van der Waals surface area contributed by atoms with E-state index in [1.165, 1.54) is 28.2 Å². The van der Waals surface area contributed by atoms with Gasteiger partial charge in [0, 0.05) is 22.6 Å². The summed E-state index contributed by atoms with van der Waals surface area (Å²) < 4.78 is 31.4. The minimum Gasteiger partial charge on any atom is -0.364 e. The Morgan fingerprint density at radius 3 is 2.66 bits per heavy atom. The van der Waals surface area contributed by atoms with Crippen molar-refractivity contribution < 1.29 is 23.2 Å². The molecule has 0 bridgehead atoms. The van der Waals surface area contributed by atoms with Gasteiger partial charge < -0.3 is 16.0 Å². The summed E-state index contributed by atoms with van der Waals surface area (Å²) in [7, 11) is 0. The molecule has 0 spiro atoms. The first-order valence-corrected chi connectivity index (χ1v) is 12.7. The Balaban J connectivity index is 1.37. The van der Waals surface area contributed by atoms with Crippen LogP contribution in [-0.4, -0.2) is 56.1 Å². The summed E-state index contributed by atoms with van der Waals surface area (Å²) in [6, 6.07) is 9.98. The van der Waals surface area contributed by atoms with Crippen LogP contribution in [0.25, 0.3) is 21.5 Å². The van der Waals surface area contributed by atoms with Gasteiger partial charge in [-0.1, -0.05) is 41.9 Å². The van der Waals surface area contributed by atoms with Crippen LogP contribution in [0.2, 0.25) is 5.02 Å². The second-order valence-electron chi connectivity index (χ2n) is 8.79. The Kier molecular flexibility index (Phi) is 6.84. The van der Waals surface area contributed by atoms with E-state index in [-0.39, 0.29) is 36.5 Å². The van der Waals surface area contributed by atoms with Crippen LogP contribution in [0.15, 0.2) is 42.5 Å². The molecule has 196 valence electrons. The molecule has 5 rings (SSSR count). The lowest BCUT2D eigenvalue weighted by molar-refractivity contribution is -0.137. The van der Waals surface area contributed by atoms with Crippen molar-refractivity contribution in [2.24, 2.45) is 5.73 Å². The first-order chi connectivity index (χ1) is 18.1. The fourth-order valence-corrected chi connectivity index (χ4v) is 5.64. The molecule has 1 aliphatic heterocycles. The summed E-state index contributed by atoms with van der Waals surface area (Å²) in [4.78, 5) is 43.5. The summed E-state index contributed by atoms with van der Waals surface area (Å²) in [6.07, 6.45) is -1.70. The zero-order valence-electron chi connectivity index (χ0n) is 20.0.